The van der Waals surface area contributed by atoms with E-state index in [1.54, 1.807) is 0 Å². The lowest BCUT2D eigenvalue weighted by Crippen LogP contribution is -2.40. The fourth-order valence-corrected chi connectivity index (χ4v) is 2.82. The highest BCUT2D eigenvalue weighted by atomic mass is 16.5. The van der Waals surface area contributed by atoms with E-state index in [0.717, 1.165) is 36.7 Å². The molecule has 3 aliphatic heterocycles. The van der Waals surface area contributed by atoms with E-state index in [0.29, 0.717) is 0 Å². The van der Waals surface area contributed by atoms with Crippen molar-refractivity contribution in [1.29, 1.82) is 0 Å². The van der Waals surface area contributed by atoms with Crippen molar-refractivity contribution in [3.8, 4) is 5.75 Å². The van der Waals surface area contributed by atoms with Crippen molar-refractivity contribution in [2.45, 2.75) is 6.42 Å². The lowest BCUT2D eigenvalue weighted by atomic mass is 9.79. The summed E-state index contributed by atoms with van der Waals surface area (Å²) in [6.07, 6.45) is 9.44. The lowest BCUT2D eigenvalue weighted by Gasteiger charge is -2.38. The molecule has 0 saturated carbocycles. The number of pyridine rings is 1. The van der Waals surface area contributed by atoms with Gasteiger partial charge in [0.15, 0.2) is 0 Å². The maximum Gasteiger partial charge on any atom is 0.148 e. The van der Waals surface area contributed by atoms with E-state index in [-0.39, 0.29) is 5.41 Å². The molecule has 3 nitrogen and oxygen atoms in total. The van der Waals surface area contributed by atoms with Crippen molar-refractivity contribution in [2.24, 2.45) is 5.41 Å². The van der Waals surface area contributed by atoms with Crippen LogP contribution in [0.25, 0.3) is 0 Å². The summed E-state index contributed by atoms with van der Waals surface area (Å²) < 4.78 is 5.98. The Morgan fingerprint density at radius 2 is 2.44 bits per heavy atom. The maximum absolute atomic E-state index is 5.98. The molecule has 0 N–H and O–H groups in total. The van der Waals surface area contributed by atoms with Gasteiger partial charge in [-0.15, -0.1) is 0 Å². The van der Waals surface area contributed by atoms with E-state index in [9.17, 15) is 0 Å². The molecule has 4 heterocycles. The zero-order chi connectivity index (χ0) is 10.6. The molecule has 16 heavy (non-hydrogen) atoms. The highest BCUT2D eigenvalue weighted by Gasteiger charge is 2.45. The van der Waals surface area contributed by atoms with Crippen LogP contribution in [-0.2, 0) is 6.42 Å². The summed E-state index contributed by atoms with van der Waals surface area (Å²) in [5, 5.41) is 0. The summed E-state index contributed by atoms with van der Waals surface area (Å²) >= 11 is 0. The largest absolute Gasteiger partial charge is 0.459 e. The molecule has 1 atom stereocenters. The van der Waals surface area contributed by atoms with Gasteiger partial charge in [-0.05, 0) is 24.4 Å². The number of rotatable bonds is 0. The molecule has 3 heteroatoms. The summed E-state index contributed by atoms with van der Waals surface area (Å²) in [7, 11) is 0. The summed E-state index contributed by atoms with van der Waals surface area (Å²) in [5.41, 5.74) is 1.13. The van der Waals surface area contributed by atoms with Crippen LogP contribution >= 0.6 is 0 Å². The fourth-order valence-electron chi connectivity index (χ4n) is 2.82. The number of nitrogens with zero attached hydrogens (tertiary/aromatic N) is 2. The average Bonchev–Trinajstić information content (AvgIpc) is 2.64. The van der Waals surface area contributed by atoms with Crippen LogP contribution in [0.1, 0.15) is 5.69 Å². The van der Waals surface area contributed by atoms with Crippen LogP contribution in [0.15, 0.2) is 42.4 Å². The molecule has 80 valence electrons. The Bertz CT molecular complexity index is 520. The molecule has 1 unspecified atom stereocenters. The Morgan fingerprint density at radius 3 is 3.44 bits per heavy atom. The van der Waals surface area contributed by atoms with Crippen LogP contribution in [0.5, 0.6) is 5.75 Å². The van der Waals surface area contributed by atoms with E-state index >= 15 is 0 Å². The molecule has 0 radical (unpaired) electrons. The van der Waals surface area contributed by atoms with Crippen molar-refractivity contribution < 1.29 is 4.74 Å². The minimum absolute atomic E-state index is 0.0552. The fraction of sp³-hybridized carbons (Fsp3) is 0.308. The first kappa shape index (κ1) is 8.39. The predicted molar refractivity (Wildman–Crippen MR) is 59.8 cm³/mol. The maximum atomic E-state index is 5.98. The van der Waals surface area contributed by atoms with Gasteiger partial charge in [0.1, 0.15) is 11.5 Å². The van der Waals surface area contributed by atoms with E-state index in [4.69, 9.17) is 4.74 Å². The van der Waals surface area contributed by atoms with Crippen molar-refractivity contribution in [3.05, 3.63) is 48.1 Å². The SMILES string of the molecule is C1=CC23Cc4ncccc4OC2=CCN1C3. The Hall–Kier alpha value is -1.77. The predicted octanol–water partition coefficient (Wildman–Crippen LogP) is 1.73. The van der Waals surface area contributed by atoms with Gasteiger partial charge in [0.25, 0.3) is 0 Å². The highest BCUT2D eigenvalue weighted by molar-refractivity contribution is 5.41. The van der Waals surface area contributed by atoms with Crippen molar-refractivity contribution in [1.82, 2.24) is 9.88 Å². The first-order chi connectivity index (χ1) is 7.86. The molecular formula is C13H12N2O. The number of aromatic nitrogens is 1. The number of fused-ring (bicyclic) bond motifs is 2. The van der Waals surface area contributed by atoms with E-state index < -0.39 is 0 Å². The van der Waals surface area contributed by atoms with Crippen molar-refractivity contribution in [3.63, 3.8) is 0 Å². The van der Waals surface area contributed by atoms with Gasteiger partial charge in [0.2, 0.25) is 0 Å². The van der Waals surface area contributed by atoms with Gasteiger partial charge in [-0.2, -0.15) is 0 Å². The zero-order valence-corrected chi connectivity index (χ0v) is 8.89. The number of hydrogen-bond donors (Lipinski definition) is 0. The standard InChI is InChI=1S/C13H12N2O/c1-2-11-10(14-5-1)8-13-4-7-15(9-13)6-3-12(13)16-11/h1-5,7H,6,8-9H2. The van der Waals surface area contributed by atoms with Crippen LogP contribution in [0.2, 0.25) is 0 Å². The molecule has 1 spiro atoms. The van der Waals surface area contributed by atoms with Crippen LogP contribution in [-0.4, -0.2) is 23.0 Å². The molecule has 0 aliphatic carbocycles. The molecular weight excluding hydrogens is 200 g/mol. The average molecular weight is 212 g/mol. The van der Waals surface area contributed by atoms with Gasteiger partial charge in [-0.1, -0.05) is 6.08 Å². The third kappa shape index (κ3) is 0.953. The first-order valence-corrected chi connectivity index (χ1v) is 5.62. The Labute approximate surface area is 94.0 Å². The third-order valence-corrected chi connectivity index (χ3v) is 3.64. The summed E-state index contributed by atoms with van der Waals surface area (Å²) in [5.74, 6) is 2.03. The Kier molecular flexibility index (Phi) is 1.40. The van der Waals surface area contributed by atoms with Crippen LogP contribution in [0.4, 0.5) is 0 Å². The minimum Gasteiger partial charge on any atom is -0.459 e. The number of hydrogen-bond acceptors (Lipinski definition) is 3. The van der Waals surface area contributed by atoms with Crippen LogP contribution in [0, 0.1) is 5.41 Å². The Balaban J connectivity index is 1.88. The van der Waals surface area contributed by atoms with Crippen LogP contribution < -0.4 is 4.74 Å². The molecule has 0 aromatic carbocycles. The smallest absolute Gasteiger partial charge is 0.148 e. The minimum atomic E-state index is 0.0552. The van der Waals surface area contributed by atoms with Crippen LogP contribution in [0.3, 0.4) is 0 Å². The Morgan fingerprint density at radius 1 is 1.44 bits per heavy atom. The molecule has 1 aromatic heterocycles. The molecule has 0 fully saturated rings. The second-order valence-electron chi connectivity index (χ2n) is 4.70. The van der Waals surface area contributed by atoms with Crippen molar-refractivity contribution in [2.75, 3.05) is 13.1 Å². The van der Waals surface area contributed by atoms with E-state index in [1.807, 2.05) is 18.3 Å². The third-order valence-electron chi connectivity index (χ3n) is 3.64. The topological polar surface area (TPSA) is 25.4 Å². The normalized spacial score (nSPS) is 29.2. The van der Waals surface area contributed by atoms with E-state index in [1.165, 1.54) is 0 Å². The first-order valence-electron chi connectivity index (χ1n) is 5.62. The van der Waals surface area contributed by atoms with Gasteiger partial charge < -0.3 is 9.64 Å². The summed E-state index contributed by atoms with van der Waals surface area (Å²) in [4.78, 5) is 6.74. The van der Waals surface area contributed by atoms with Crippen molar-refractivity contribution >= 4 is 0 Å². The van der Waals surface area contributed by atoms with Gasteiger partial charge in [0, 0.05) is 25.7 Å². The monoisotopic (exact) mass is 212 g/mol. The molecule has 1 aromatic rings. The van der Waals surface area contributed by atoms with Gasteiger partial charge >= 0.3 is 0 Å². The van der Waals surface area contributed by atoms with Gasteiger partial charge in [-0.25, -0.2) is 0 Å². The molecule has 0 saturated heterocycles. The molecule has 0 amide bonds. The van der Waals surface area contributed by atoms with E-state index in [2.05, 4.69) is 28.2 Å². The summed E-state index contributed by atoms with van der Waals surface area (Å²) in [6, 6.07) is 3.93. The van der Waals surface area contributed by atoms with Gasteiger partial charge in [-0.3, -0.25) is 4.98 Å². The number of ether oxygens (including phenoxy) is 1. The molecule has 2 bridgehead atoms. The second kappa shape index (κ2) is 2.67. The zero-order valence-electron chi connectivity index (χ0n) is 8.89. The second-order valence-corrected chi connectivity index (χ2v) is 4.70. The lowest BCUT2D eigenvalue weighted by molar-refractivity contribution is 0.200. The molecule has 3 aliphatic rings. The molecule has 4 rings (SSSR count). The highest BCUT2D eigenvalue weighted by Crippen LogP contribution is 2.46. The van der Waals surface area contributed by atoms with Gasteiger partial charge in [0.05, 0.1) is 11.1 Å². The quantitative estimate of drug-likeness (QED) is 0.655. The summed E-state index contributed by atoms with van der Waals surface area (Å²) in [6.45, 7) is 2.00.